The molecule has 0 unspecified atom stereocenters. The molecule has 0 radical (unpaired) electrons. The minimum atomic E-state index is -2.75. The largest absolute Gasteiger partial charge is 0.309 e. The van der Waals surface area contributed by atoms with Crippen molar-refractivity contribution in [3.05, 3.63) is 224 Å². The summed E-state index contributed by atoms with van der Waals surface area (Å²) >= 11 is 0. The van der Waals surface area contributed by atoms with Gasteiger partial charge < -0.3 is 13.7 Å². The molecule has 58 heavy (non-hydrogen) atoms. The first-order valence-corrected chi connectivity index (χ1v) is 22.0. The summed E-state index contributed by atoms with van der Waals surface area (Å²) in [6.45, 7) is 0. The van der Waals surface area contributed by atoms with Crippen molar-refractivity contribution in [2.75, 3.05) is 0 Å². The number of hydrogen-bond acceptors (Lipinski definition) is 0. The fourth-order valence-electron chi connectivity index (χ4n) is 10.0. The van der Waals surface area contributed by atoms with Gasteiger partial charge in [-0.3, -0.25) is 0 Å². The smallest absolute Gasteiger partial charge is 0.179 e. The van der Waals surface area contributed by atoms with E-state index in [0.29, 0.717) is 0 Å². The first kappa shape index (κ1) is 32.8. The summed E-state index contributed by atoms with van der Waals surface area (Å²) in [5.41, 5.74) is 10.8. The SMILES string of the molecule is c1ccc(-n2c3cccc4c3c3c2cccc3n4-c2ccc3c4ccccc4n(-c4cccc([Si](c5ccccc5)(c5ccccc5)c5ccccc5)c4)c3c2)cc1. The summed E-state index contributed by atoms with van der Waals surface area (Å²) in [5, 5.41) is 10.5. The van der Waals surface area contributed by atoms with Gasteiger partial charge in [-0.25, -0.2) is 0 Å². The Balaban J connectivity index is 1.12. The van der Waals surface area contributed by atoms with Crippen LogP contribution in [0, 0.1) is 0 Å². The van der Waals surface area contributed by atoms with Crippen molar-refractivity contribution in [3.63, 3.8) is 0 Å². The zero-order chi connectivity index (χ0) is 38.2. The van der Waals surface area contributed by atoms with Crippen LogP contribution in [0.3, 0.4) is 0 Å². The molecule has 0 amide bonds. The monoisotopic (exact) mass is 755 g/mol. The Morgan fingerprint density at radius 1 is 0.241 bits per heavy atom. The molecule has 3 nitrogen and oxygen atoms in total. The molecule has 0 aliphatic rings. The van der Waals surface area contributed by atoms with Gasteiger partial charge in [0.25, 0.3) is 0 Å². The Bertz CT molecular complexity index is 3270. The highest BCUT2D eigenvalue weighted by atomic mass is 28.3. The van der Waals surface area contributed by atoms with Crippen LogP contribution in [0.15, 0.2) is 224 Å². The summed E-state index contributed by atoms with van der Waals surface area (Å²) in [5.74, 6) is 0. The number of para-hydroxylation sites is 2. The van der Waals surface area contributed by atoms with E-state index in [2.05, 4.69) is 238 Å². The second kappa shape index (κ2) is 12.8. The number of nitrogens with zero attached hydrogens (tertiary/aromatic N) is 3. The van der Waals surface area contributed by atoms with E-state index in [0.717, 1.165) is 11.4 Å². The Morgan fingerprint density at radius 3 is 1.19 bits per heavy atom. The highest BCUT2D eigenvalue weighted by Gasteiger charge is 2.41. The predicted molar refractivity (Wildman–Crippen MR) is 247 cm³/mol. The van der Waals surface area contributed by atoms with Crippen LogP contribution in [-0.2, 0) is 0 Å². The molecule has 0 spiro atoms. The lowest BCUT2D eigenvalue weighted by atomic mass is 10.1. The van der Waals surface area contributed by atoms with Crippen LogP contribution in [0.5, 0.6) is 0 Å². The van der Waals surface area contributed by atoms with Crippen molar-refractivity contribution in [3.8, 4) is 17.1 Å². The van der Waals surface area contributed by atoms with E-state index in [-0.39, 0.29) is 0 Å². The van der Waals surface area contributed by atoms with Crippen LogP contribution in [0.2, 0.25) is 0 Å². The molecule has 12 rings (SSSR count). The lowest BCUT2D eigenvalue weighted by Crippen LogP contribution is -2.74. The topological polar surface area (TPSA) is 14.8 Å². The van der Waals surface area contributed by atoms with E-state index in [9.17, 15) is 0 Å². The summed E-state index contributed by atoms with van der Waals surface area (Å²) in [6.07, 6.45) is 0. The molecule has 0 atom stereocenters. The average Bonchev–Trinajstić information content (AvgIpc) is 3.95. The third-order valence-corrected chi connectivity index (χ3v) is 17.1. The molecule has 0 fully saturated rings. The van der Waals surface area contributed by atoms with E-state index in [4.69, 9.17) is 0 Å². The first-order chi connectivity index (χ1) is 28.8. The van der Waals surface area contributed by atoms with Crippen LogP contribution in [0.25, 0.3) is 71.7 Å². The molecule has 0 aliphatic heterocycles. The minimum Gasteiger partial charge on any atom is -0.309 e. The van der Waals surface area contributed by atoms with E-state index >= 15 is 0 Å². The molecule has 3 aromatic heterocycles. The summed E-state index contributed by atoms with van der Waals surface area (Å²) in [7, 11) is -2.75. The van der Waals surface area contributed by atoms with Crippen molar-refractivity contribution in [2.24, 2.45) is 0 Å². The highest BCUT2D eigenvalue weighted by molar-refractivity contribution is 7.19. The van der Waals surface area contributed by atoms with Crippen LogP contribution in [0.1, 0.15) is 0 Å². The van der Waals surface area contributed by atoms with E-state index in [1.165, 1.54) is 81.1 Å². The summed E-state index contributed by atoms with van der Waals surface area (Å²) < 4.78 is 7.37. The standard InChI is InChI=1S/C54H37N3Si/c1-5-18-38(19-6-1)55-48-30-16-32-50-53(48)54-49(55)31-17-33-51(54)57(50)40-34-35-46-45-28-13-14-29-47(45)56(52(46)37-40)39-20-15-27-44(36-39)58(41-21-7-2-8-22-41,42-23-9-3-10-24-42)43-25-11-4-12-26-43/h1-37H. The van der Waals surface area contributed by atoms with Gasteiger partial charge in [-0.2, -0.15) is 0 Å². The van der Waals surface area contributed by atoms with Crippen LogP contribution >= 0.6 is 0 Å². The van der Waals surface area contributed by atoms with Gasteiger partial charge >= 0.3 is 0 Å². The number of aromatic nitrogens is 3. The third kappa shape index (κ3) is 4.61. The van der Waals surface area contributed by atoms with Crippen molar-refractivity contribution in [2.45, 2.75) is 0 Å². The van der Waals surface area contributed by atoms with Gasteiger partial charge in [-0.05, 0) is 87.5 Å². The maximum absolute atomic E-state index is 2.75. The van der Waals surface area contributed by atoms with Crippen LogP contribution < -0.4 is 20.7 Å². The van der Waals surface area contributed by atoms with Crippen LogP contribution in [-0.4, -0.2) is 21.8 Å². The normalized spacial score (nSPS) is 12.1. The first-order valence-electron chi connectivity index (χ1n) is 20.0. The fraction of sp³-hybridized carbons (Fsp3) is 0. The molecule has 0 aliphatic carbocycles. The zero-order valence-electron chi connectivity index (χ0n) is 31.7. The van der Waals surface area contributed by atoms with Crippen LogP contribution in [0.4, 0.5) is 0 Å². The fourth-order valence-corrected chi connectivity index (χ4v) is 14.8. The minimum absolute atomic E-state index is 1.15. The highest BCUT2D eigenvalue weighted by Crippen LogP contribution is 2.43. The molecule has 3 heterocycles. The lowest BCUT2D eigenvalue weighted by molar-refractivity contribution is 1.15. The quantitative estimate of drug-likeness (QED) is 0.114. The van der Waals surface area contributed by atoms with E-state index in [1.807, 2.05) is 0 Å². The Labute approximate surface area is 337 Å². The van der Waals surface area contributed by atoms with Gasteiger partial charge in [0.2, 0.25) is 0 Å². The maximum Gasteiger partial charge on any atom is 0.179 e. The number of rotatable bonds is 7. The number of hydrogen-bond donors (Lipinski definition) is 0. The molecule has 9 aromatic carbocycles. The number of fused-ring (bicyclic) bond motifs is 3. The Kier molecular flexibility index (Phi) is 7.25. The lowest BCUT2D eigenvalue weighted by Gasteiger charge is -2.34. The van der Waals surface area contributed by atoms with Gasteiger partial charge in [0, 0.05) is 38.6 Å². The van der Waals surface area contributed by atoms with E-state index < -0.39 is 8.07 Å². The second-order valence-corrected chi connectivity index (χ2v) is 19.1. The second-order valence-electron chi connectivity index (χ2n) is 15.3. The van der Waals surface area contributed by atoms with Crippen molar-refractivity contribution < 1.29 is 0 Å². The van der Waals surface area contributed by atoms with Crippen molar-refractivity contribution in [1.29, 1.82) is 0 Å². The summed E-state index contributed by atoms with van der Waals surface area (Å²) in [4.78, 5) is 0. The molecule has 272 valence electrons. The predicted octanol–water partition coefficient (Wildman–Crippen LogP) is 10.6. The summed E-state index contributed by atoms with van der Waals surface area (Å²) in [6, 6.07) is 83.1. The van der Waals surface area contributed by atoms with Gasteiger partial charge in [-0.15, -0.1) is 0 Å². The van der Waals surface area contributed by atoms with Gasteiger partial charge in [-0.1, -0.05) is 158 Å². The molecule has 0 saturated heterocycles. The molecular formula is C54H37N3Si. The average molecular weight is 756 g/mol. The van der Waals surface area contributed by atoms with Gasteiger partial charge in [0.05, 0.1) is 33.1 Å². The maximum atomic E-state index is 2.49. The molecule has 0 saturated carbocycles. The molecule has 0 N–H and O–H groups in total. The zero-order valence-corrected chi connectivity index (χ0v) is 32.7. The molecular weight excluding hydrogens is 719 g/mol. The molecule has 0 bridgehead atoms. The number of benzene rings is 9. The third-order valence-electron chi connectivity index (χ3n) is 12.3. The Morgan fingerprint density at radius 2 is 0.621 bits per heavy atom. The molecule has 4 heteroatoms. The molecule has 12 aromatic rings. The van der Waals surface area contributed by atoms with Gasteiger partial charge in [0.15, 0.2) is 8.07 Å². The van der Waals surface area contributed by atoms with E-state index in [1.54, 1.807) is 0 Å². The Hall–Kier alpha value is -7.40. The van der Waals surface area contributed by atoms with Crippen molar-refractivity contribution in [1.82, 2.24) is 13.7 Å². The van der Waals surface area contributed by atoms with Gasteiger partial charge in [0.1, 0.15) is 0 Å². The van der Waals surface area contributed by atoms with Crippen molar-refractivity contribution >= 4 is 83.5 Å².